The van der Waals surface area contributed by atoms with Crippen molar-refractivity contribution in [2.24, 2.45) is 11.1 Å². The number of nitrogens with two attached hydrogens (primary N) is 1. The maximum absolute atomic E-state index is 13.4. The van der Waals surface area contributed by atoms with Gasteiger partial charge in [0.1, 0.15) is 11.0 Å². The number of halogens is 2. The van der Waals surface area contributed by atoms with Gasteiger partial charge < -0.3 is 10.5 Å². The number of rotatable bonds is 7. The topological polar surface area (TPSA) is 69.4 Å². The number of methoxy groups -OCH3 is 1. The molecule has 0 bridgehead atoms. The molecule has 7 heteroatoms. The van der Waals surface area contributed by atoms with Crippen LogP contribution in [-0.2, 0) is 22.0 Å². The van der Waals surface area contributed by atoms with Crippen LogP contribution in [0.5, 0.6) is 5.75 Å². The summed E-state index contributed by atoms with van der Waals surface area (Å²) in [5, 5.41) is -0.303. The molecule has 2 N–H and O–H groups in total. The van der Waals surface area contributed by atoms with Gasteiger partial charge in [-0.3, -0.25) is 9.00 Å². The summed E-state index contributed by atoms with van der Waals surface area (Å²) in [7, 11) is -0.0228. The fourth-order valence-electron chi connectivity index (χ4n) is 3.68. The molecule has 3 rings (SSSR count). The average Bonchev–Trinajstić information content (AvgIpc) is 2.66. The Hall–Kier alpha value is -2.08. The molecule has 0 saturated carbocycles. The van der Waals surface area contributed by atoms with Gasteiger partial charge in [-0.25, -0.2) is 0 Å². The maximum atomic E-state index is 13.4. The van der Waals surface area contributed by atoms with E-state index in [0.717, 1.165) is 17.7 Å². The van der Waals surface area contributed by atoms with Crippen molar-refractivity contribution in [1.29, 1.82) is 0 Å². The van der Waals surface area contributed by atoms with Gasteiger partial charge in [0.25, 0.3) is 0 Å². The minimum Gasteiger partial charge on any atom is -0.497 e. The van der Waals surface area contributed by atoms with Crippen molar-refractivity contribution in [2.75, 3.05) is 7.11 Å². The van der Waals surface area contributed by atoms with Crippen molar-refractivity contribution in [3.8, 4) is 5.75 Å². The third kappa shape index (κ3) is 5.34. The predicted molar refractivity (Wildman–Crippen MR) is 123 cm³/mol. The lowest BCUT2D eigenvalue weighted by Crippen LogP contribution is -2.28. The second-order valence-electron chi connectivity index (χ2n) is 7.63. The van der Waals surface area contributed by atoms with Crippen molar-refractivity contribution >= 4 is 39.9 Å². The molecule has 3 unspecified atom stereocenters. The second-order valence-corrected chi connectivity index (χ2v) is 10.1. The average molecular weight is 464 g/mol. The molecule has 2 aromatic rings. The SMILES string of the molecule is COc1cccc(CC2(C)C=CC=C(S(=O)C(C(N)=O)c3cc(Cl)cc(Cl)c3)C2)c1. The zero-order valence-electron chi connectivity index (χ0n) is 16.7. The first-order valence-electron chi connectivity index (χ1n) is 9.38. The standard InChI is InChI=1S/C23H23Cl2NO3S/c1-23(13-15-5-3-6-19(9-15)29-2)8-4-7-20(14-23)30(28)21(22(26)27)16-10-17(24)12-18(25)11-16/h3-12,21H,13-14H2,1-2H3,(H2,26,27). The molecule has 0 saturated heterocycles. The summed E-state index contributed by atoms with van der Waals surface area (Å²) in [5.41, 5.74) is 6.92. The molecule has 0 heterocycles. The monoisotopic (exact) mass is 463 g/mol. The summed E-state index contributed by atoms with van der Waals surface area (Å²) < 4.78 is 18.7. The van der Waals surface area contributed by atoms with E-state index in [9.17, 15) is 9.00 Å². The molecule has 1 amide bonds. The fraction of sp³-hybridized carbons (Fsp3) is 0.261. The molecule has 0 fully saturated rings. The lowest BCUT2D eigenvalue weighted by molar-refractivity contribution is -0.117. The third-order valence-corrected chi connectivity index (χ3v) is 7.19. The summed E-state index contributed by atoms with van der Waals surface area (Å²) in [5.74, 6) is 0.110. The van der Waals surface area contributed by atoms with Gasteiger partial charge in [-0.05, 0) is 59.7 Å². The quantitative estimate of drug-likeness (QED) is 0.599. The van der Waals surface area contributed by atoms with Crippen molar-refractivity contribution in [3.63, 3.8) is 0 Å². The molecule has 3 atom stereocenters. The maximum Gasteiger partial charge on any atom is 0.238 e. The van der Waals surface area contributed by atoms with Gasteiger partial charge in [0.05, 0.1) is 17.9 Å². The Labute approximate surface area is 189 Å². The number of ether oxygens (including phenoxy) is 1. The van der Waals surface area contributed by atoms with E-state index in [2.05, 4.69) is 13.0 Å². The molecular formula is C23H23Cl2NO3S. The van der Waals surface area contributed by atoms with Gasteiger partial charge in [-0.2, -0.15) is 0 Å². The van der Waals surface area contributed by atoms with E-state index >= 15 is 0 Å². The van der Waals surface area contributed by atoms with Crippen LogP contribution in [0.1, 0.15) is 29.7 Å². The van der Waals surface area contributed by atoms with Crippen LogP contribution in [-0.4, -0.2) is 17.2 Å². The van der Waals surface area contributed by atoms with E-state index < -0.39 is 22.0 Å². The zero-order chi connectivity index (χ0) is 21.9. The summed E-state index contributed by atoms with van der Waals surface area (Å²) in [4.78, 5) is 12.9. The molecule has 0 radical (unpaired) electrons. The summed E-state index contributed by atoms with van der Waals surface area (Å²) in [6.45, 7) is 2.10. The van der Waals surface area contributed by atoms with E-state index in [0.29, 0.717) is 26.9 Å². The van der Waals surface area contributed by atoms with Crippen LogP contribution in [0.25, 0.3) is 0 Å². The number of hydrogen-bond donors (Lipinski definition) is 1. The number of carbonyl (C=O) groups excluding carboxylic acids is 1. The molecule has 0 spiro atoms. The van der Waals surface area contributed by atoms with Gasteiger partial charge in [-0.15, -0.1) is 0 Å². The van der Waals surface area contributed by atoms with Crippen molar-refractivity contribution < 1.29 is 13.7 Å². The fourth-order valence-corrected chi connectivity index (χ4v) is 5.81. The highest BCUT2D eigenvalue weighted by Gasteiger charge is 2.33. The number of hydrogen-bond acceptors (Lipinski definition) is 3. The van der Waals surface area contributed by atoms with E-state index in [-0.39, 0.29) is 5.41 Å². The van der Waals surface area contributed by atoms with Gasteiger partial charge in [0, 0.05) is 15.0 Å². The molecule has 4 nitrogen and oxygen atoms in total. The molecule has 2 aromatic carbocycles. The Morgan fingerprint density at radius 3 is 2.57 bits per heavy atom. The zero-order valence-corrected chi connectivity index (χ0v) is 19.1. The summed E-state index contributed by atoms with van der Waals surface area (Å²) in [6, 6.07) is 12.6. The molecule has 0 aromatic heterocycles. The Kier molecular flexibility index (Phi) is 7.06. The molecular weight excluding hydrogens is 441 g/mol. The molecule has 1 aliphatic rings. The Balaban J connectivity index is 1.85. The van der Waals surface area contributed by atoms with Crippen LogP contribution in [0.3, 0.4) is 0 Å². The van der Waals surface area contributed by atoms with Crippen LogP contribution in [0, 0.1) is 5.41 Å². The largest absolute Gasteiger partial charge is 0.497 e. The van der Waals surface area contributed by atoms with Gasteiger partial charge in [0.2, 0.25) is 5.91 Å². The molecule has 30 heavy (non-hydrogen) atoms. The van der Waals surface area contributed by atoms with Crippen LogP contribution >= 0.6 is 23.2 Å². The highest BCUT2D eigenvalue weighted by atomic mass is 35.5. The lowest BCUT2D eigenvalue weighted by atomic mass is 9.78. The molecule has 158 valence electrons. The van der Waals surface area contributed by atoms with Crippen LogP contribution < -0.4 is 10.5 Å². The van der Waals surface area contributed by atoms with Gasteiger partial charge >= 0.3 is 0 Å². The second kappa shape index (κ2) is 9.38. The van der Waals surface area contributed by atoms with Gasteiger partial charge in [0.15, 0.2) is 0 Å². The minimum atomic E-state index is -1.66. The Bertz CT molecular complexity index is 1030. The first kappa shape index (κ1) is 22.6. The number of amides is 1. The van der Waals surface area contributed by atoms with Crippen LogP contribution in [0.2, 0.25) is 10.0 Å². The highest BCUT2D eigenvalue weighted by molar-refractivity contribution is 7.90. The summed E-state index contributed by atoms with van der Waals surface area (Å²) >= 11 is 12.2. The lowest BCUT2D eigenvalue weighted by Gasteiger charge is -2.30. The minimum absolute atomic E-state index is 0.264. The smallest absolute Gasteiger partial charge is 0.238 e. The Morgan fingerprint density at radius 1 is 1.23 bits per heavy atom. The number of allylic oxidation sites excluding steroid dienone is 4. The first-order chi connectivity index (χ1) is 14.2. The van der Waals surface area contributed by atoms with Gasteiger partial charge in [-0.1, -0.05) is 60.5 Å². The summed E-state index contributed by atoms with van der Waals surface area (Å²) in [6.07, 6.45) is 7.05. The number of benzene rings is 2. The van der Waals surface area contributed by atoms with Crippen molar-refractivity contribution in [3.05, 3.63) is 86.8 Å². The normalized spacial score (nSPS) is 20.3. The van der Waals surface area contributed by atoms with E-state index in [1.165, 1.54) is 0 Å². The number of carbonyl (C=O) groups is 1. The van der Waals surface area contributed by atoms with E-state index in [1.807, 2.05) is 30.3 Å². The van der Waals surface area contributed by atoms with Crippen LogP contribution in [0.4, 0.5) is 0 Å². The predicted octanol–water partition coefficient (Wildman–Crippen LogP) is 5.37. The van der Waals surface area contributed by atoms with E-state index in [1.54, 1.807) is 31.4 Å². The molecule has 1 aliphatic carbocycles. The number of primary amides is 1. The molecule has 0 aliphatic heterocycles. The van der Waals surface area contributed by atoms with Crippen LogP contribution in [0.15, 0.2) is 65.6 Å². The van der Waals surface area contributed by atoms with Crippen molar-refractivity contribution in [1.82, 2.24) is 0 Å². The van der Waals surface area contributed by atoms with Crippen molar-refractivity contribution in [2.45, 2.75) is 25.0 Å². The third-order valence-electron chi connectivity index (χ3n) is 5.02. The highest BCUT2D eigenvalue weighted by Crippen LogP contribution is 2.39. The Morgan fingerprint density at radius 2 is 1.93 bits per heavy atom. The first-order valence-corrected chi connectivity index (χ1v) is 11.3. The van der Waals surface area contributed by atoms with E-state index in [4.69, 9.17) is 33.7 Å².